The third-order valence-corrected chi connectivity index (χ3v) is 2.85. The normalized spacial score (nSPS) is 10.6. The van der Waals surface area contributed by atoms with Crippen molar-refractivity contribution < 1.29 is 15.0 Å². The van der Waals surface area contributed by atoms with Crippen molar-refractivity contribution in [3.8, 4) is 0 Å². The van der Waals surface area contributed by atoms with Crippen LogP contribution in [0.15, 0.2) is 11.6 Å². The lowest BCUT2D eigenvalue weighted by Gasteiger charge is -2.01. The molecule has 16 heavy (non-hydrogen) atoms. The number of carbonyl (C=O) groups is 1. The fourth-order valence-corrected chi connectivity index (χ4v) is 2.07. The molecule has 3 N–H and O–H groups in total. The smallest absolute Gasteiger partial charge is 0.338 e. The highest BCUT2D eigenvalue weighted by atomic mass is 32.1. The molecule has 7 heteroatoms. The van der Waals surface area contributed by atoms with E-state index in [1.54, 1.807) is 6.20 Å². The van der Waals surface area contributed by atoms with Gasteiger partial charge >= 0.3 is 5.97 Å². The second-order valence-corrected chi connectivity index (χ2v) is 3.92. The van der Waals surface area contributed by atoms with E-state index in [1.165, 1.54) is 16.7 Å². The van der Waals surface area contributed by atoms with E-state index < -0.39 is 5.97 Å². The number of carboxylic acids is 1. The van der Waals surface area contributed by atoms with Gasteiger partial charge in [-0.2, -0.15) is 0 Å². The number of anilines is 1. The predicted molar refractivity (Wildman–Crippen MR) is 59.9 cm³/mol. The molecule has 2 aromatic rings. The van der Waals surface area contributed by atoms with Gasteiger partial charge in [0.1, 0.15) is 5.52 Å². The summed E-state index contributed by atoms with van der Waals surface area (Å²) in [7, 11) is 0. The number of hydrogen-bond acceptors (Lipinski definition) is 6. The molecule has 6 nitrogen and oxygen atoms in total. The third kappa shape index (κ3) is 1.95. The molecule has 2 heterocycles. The van der Waals surface area contributed by atoms with Crippen LogP contribution in [0.3, 0.4) is 0 Å². The third-order valence-electron chi connectivity index (χ3n) is 1.94. The second kappa shape index (κ2) is 4.42. The van der Waals surface area contributed by atoms with Crippen LogP contribution in [0.1, 0.15) is 10.4 Å². The van der Waals surface area contributed by atoms with Gasteiger partial charge in [0, 0.05) is 11.9 Å². The quantitative estimate of drug-likeness (QED) is 0.730. The maximum atomic E-state index is 10.9. The number of thiophene rings is 1. The lowest BCUT2D eigenvalue weighted by molar-refractivity contribution is 0.0699. The van der Waals surface area contributed by atoms with Crippen molar-refractivity contribution in [1.82, 2.24) is 9.97 Å². The highest BCUT2D eigenvalue weighted by molar-refractivity contribution is 7.17. The zero-order chi connectivity index (χ0) is 11.5. The van der Waals surface area contributed by atoms with E-state index in [4.69, 9.17) is 10.2 Å². The monoisotopic (exact) mass is 239 g/mol. The van der Waals surface area contributed by atoms with Crippen molar-refractivity contribution in [3.63, 3.8) is 0 Å². The molecule has 0 saturated carbocycles. The molecular weight excluding hydrogens is 230 g/mol. The average Bonchev–Trinajstić information content (AvgIpc) is 2.69. The molecule has 0 aliphatic heterocycles. The number of rotatable bonds is 4. The Hall–Kier alpha value is -1.73. The highest BCUT2D eigenvalue weighted by Gasteiger charge is 2.12. The van der Waals surface area contributed by atoms with Crippen molar-refractivity contribution in [2.75, 3.05) is 18.5 Å². The summed E-state index contributed by atoms with van der Waals surface area (Å²) in [5.74, 6) is -0.680. The van der Waals surface area contributed by atoms with E-state index in [-0.39, 0.29) is 12.2 Å². The summed E-state index contributed by atoms with van der Waals surface area (Å²) in [6, 6.07) is 0. The Morgan fingerprint density at radius 1 is 1.56 bits per heavy atom. The van der Waals surface area contributed by atoms with Gasteiger partial charge in [0.15, 0.2) is 0 Å². The summed E-state index contributed by atoms with van der Waals surface area (Å²) in [4.78, 5) is 19.0. The van der Waals surface area contributed by atoms with Gasteiger partial charge in [-0.1, -0.05) is 0 Å². The molecule has 84 valence electrons. The Bertz CT molecular complexity index is 526. The first-order valence-corrected chi connectivity index (χ1v) is 5.42. The van der Waals surface area contributed by atoms with Crippen molar-refractivity contribution in [2.24, 2.45) is 0 Å². The van der Waals surface area contributed by atoms with E-state index in [0.29, 0.717) is 18.0 Å². The summed E-state index contributed by atoms with van der Waals surface area (Å²) < 4.78 is 0.729. The summed E-state index contributed by atoms with van der Waals surface area (Å²) in [5, 5.41) is 21.9. The Balaban J connectivity index is 2.42. The number of aliphatic hydroxyl groups excluding tert-OH is 1. The zero-order valence-electron chi connectivity index (χ0n) is 8.17. The fourth-order valence-electron chi connectivity index (χ4n) is 1.23. The standard InChI is InChI=1S/C9H9N3O3S/c13-2-1-10-9-11-3-6-7(12-9)5(4-16-6)8(14)15/h3-4,13H,1-2H2,(H,14,15)(H,10,11,12). The summed E-state index contributed by atoms with van der Waals surface area (Å²) in [6.07, 6.45) is 1.57. The van der Waals surface area contributed by atoms with Crippen LogP contribution in [0.2, 0.25) is 0 Å². The summed E-state index contributed by atoms with van der Waals surface area (Å²) >= 11 is 1.29. The number of nitrogens with one attached hydrogen (secondary N) is 1. The molecule has 0 saturated heterocycles. The lowest BCUT2D eigenvalue weighted by atomic mass is 10.3. The largest absolute Gasteiger partial charge is 0.478 e. The molecule has 0 spiro atoms. The number of hydrogen-bond donors (Lipinski definition) is 3. The van der Waals surface area contributed by atoms with Crippen LogP contribution >= 0.6 is 11.3 Å². The summed E-state index contributed by atoms with van der Waals surface area (Å²) in [5.41, 5.74) is 0.599. The first-order valence-electron chi connectivity index (χ1n) is 4.54. The van der Waals surface area contributed by atoms with Gasteiger partial charge in [0.25, 0.3) is 0 Å². The molecule has 0 unspecified atom stereocenters. The van der Waals surface area contributed by atoms with Crippen LogP contribution in [0.5, 0.6) is 0 Å². The number of nitrogens with zero attached hydrogens (tertiary/aromatic N) is 2. The van der Waals surface area contributed by atoms with Gasteiger partial charge < -0.3 is 15.5 Å². The maximum Gasteiger partial charge on any atom is 0.338 e. The van der Waals surface area contributed by atoms with E-state index in [9.17, 15) is 4.79 Å². The van der Waals surface area contributed by atoms with E-state index in [1.807, 2.05) is 0 Å². The Morgan fingerprint density at radius 3 is 3.06 bits per heavy atom. The first-order chi connectivity index (χ1) is 7.72. The SMILES string of the molecule is O=C(O)c1csc2cnc(NCCO)nc12. The minimum absolute atomic E-state index is 0.0309. The lowest BCUT2D eigenvalue weighted by Crippen LogP contribution is -2.08. The van der Waals surface area contributed by atoms with Crippen molar-refractivity contribution in [1.29, 1.82) is 0 Å². The average molecular weight is 239 g/mol. The van der Waals surface area contributed by atoms with Crippen LogP contribution in [-0.2, 0) is 0 Å². The van der Waals surface area contributed by atoms with Gasteiger partial charge in [0.05, 0.1) is 23.1 Å². The van der Waals surface area contributed by atoms with Crippen molar-refractivity contribution in [2.45, 2.75) is 0 Å². The van der Waals surface area contributed by atoms with Gasteiger partial charge in [-0.15, -0.1) is 11.3 Å². The highest BCUT2D eigenvalue weighted by Crippen LogP contribution is 2.24. The minimum atomic E-state index is -1.00. The summed E-state index contributed by atoms with van der Waals surface area (Å²) in [6.45, 7) is 0.300. The molecule has 0 bridgehead atoms. The molecule has 0 aromatic carbocycles. The molecular formula is C9H9N3O3S. The van der Waals surface area contributed by atoms with Gasteiger partial charge in [-0.05, 0) is 0 Å². The molecule has 0 amide bonds. The van der Waals surface area contributed by atoms with Gasteiger partial charge in [-0.3, -0.25) is 0 Å². The van der Waals surface area contributed by atoms with Crippen LogP contribution in [-0.4, -0.2) is 39.3 Å². The Labute approximate surface area is 94.6 Å². The van der Waals surface area contributed by atoms with Crippen molar-refractivity contribution in [3.05, 3.63) is 17.1 Å². The number of aliphatic hydroxyl groups is 1. The number of aromatic nitrogens is 2. The number of aromatic carboxylic acids is 1. The molecule has 0 fully saturated rings. The Morgan fingerprint density at radius 2 is 2.38 bits per heavy atom. The van der Waals surface area contributed by atoms with E-state index >= 15 is 0 Å². The molecule has 0 radical (unpaired) electrons. The fraction of sp³-hybridized carbons (Fsp3) is 0.222. The molecule has 0 aliphatic carbocycles. The second-order valence-electron chi connectivity index (χ2n) is 3.01. The van der Waals surface area contributed by atoms with Crippen LogP contribution in [0.4, 0.5) is 5.95 Å². The molecule has 2 aromatic heterocycles. The molecule has 0 aliphatic rings. The first kappa shape index (κ1) is 10.8. The topological polar surface area (TPSA) is 95.3 Å². The maximum absolute atomic E-state index is 10.9. The van der Waals surface area contributed by atoms with Crippen LogP contribution in [0.25, 0.3) is 10.2 Å². The van der Waals surface area contributed by atoms with Gasteiger partial charge in [-0.25, -0.2) is 14.8 Å². The van der Waals surface area contributed by atoms with Crippen molar-refractivity contribution >= 4 is 33.5 Å². The van der Waals surface area contributed by atoms with Crippen LogP contribution in [0, 0.1) is 0 Å². The zero-order valence-corrected chi connectivity index (χ0v) is 8.99. The van der Waals surface area contributed by atoms with Crippen LogP contribution < -0.4 is 5.32 Å². The van der Waals surface area contributed by atoms with E-state index in [0.717, 1.165) is 4.70 Å². The van der Waals surface area contributed by atoms with E-state index in [2.05, 4.69) is 15.3 Å². The predicted octanol–water partition coefficient (Wildman–Crippen LogP) is 0.794. The number of fused-ring (bicyclic) bond motifs is 1. The molecule has 2 rings (SSSR count). The minimum Gasteiger partial charge on any atom is -0.478 e. The molecule has 0 atom stereocenters. The Kier molecular flexibility index (Phi) is 2.97. The van der Waals surface area contributed by atoms with Gasteiger partial charge in [0.2, 0.25) is 5.95 Å². The number of carboxylic acid groups (broad SMARTS) is 1.